The number of aliphatic hydroxyl groups excluding tert-OH is 1. The fourth-order valence-electron chi connectivity index (χ4n) is 3.07. The van der Waals surface area contributed by atoms with Gasteiger partial charge >= 0.3 is 0 Å². The molecule has 5 heteroatoms. The molecule has 0 spiro atoms. The molecule has 1 saturated heterocycles. The minimum atomic E-state index is 0.0219. The number of carbonyl (C=O) groups excluding carboxylic acids is 1. The van der Waals surface area contributed by atoms with Crippen molar-refractivity contribution in [2.75, 3.05) is 39.4 Å². The van der Waals surface area contributed by atoms with E-state index in [1.807, 2.05) is 32.0 Å². The molecule has 1 atom stereocenters. The molecule has 1 aromatic rings. The van der Waals surface area contributed by atoms with E-state index in [4.69, 9.17) is 4.74 Å². The number of carbonyl (C=O) groups is 1. The lowest BCUT2D eigenvalue weighted by Crippen LogP contribution is -2.43. The van der Waals surface area contributed by atoms with Gasteiger partial charge in [0.25, 0.3) is 0 Å². The molecule has 1 aliphatic rings. The summed E-state index contributed by atoms with van der Waals surface area (Å²) in [5.41, 5.74) is 2.22. The first-order valence-electron chi connectivity index (χ1n) is 8.39. The number of piperidine rings is 1. The highest BCUT2D eigenvalue weighted by molar-refractivity contribution is 5.78. The second-order valence-corrected chi connectivity index (χ2v) is 6.35. The van der Waals surface area contributed by atoms with E-state index in [1.54, 1.807) is 0 Å². The lowest BCUT2D eigenvalue weighted by molar-refractivity contribution is -0.122. The number of nitrogens with zero attached hydrogens (tertiary/aromatic N) is 1. The Morgan fingerprint density at radius 2 is 2.13 bits per heavy atom. The van der Waals surface area contributed by atoms with Crippen LogP contribution in [0.1, 0.15) is 24.0 Å². The number of nitrogens with one attached hydrogen (secondary N) is 1. The number of likely N-dealkylation sites (tertiary alicyclic amines) is 1. The van der Waals surface area contributed by atoms with Crippen LogP contribution in [-0.4, -0.2) is 55.3 Å². The van der Waals surface area contributed by atoms with Crippen molar-refractivity contribution in [2.24, 2.45) is 5.92 Å². The molecule has 0 aliphatic carbocycles. The van der Waals surface area contributed by atoms with Gasteiger partial charge in [-0.2, -0.15) is 0 Å². The first kappa shape index (κ1) is 17.8. The topological polar surface area (TPSA) is 61.8 Å². The number of aryl methyl sites for hydroxylation is 2. The van der Waals surface area contributed by atoms with Gasteiger partial charge in [-0.15, -0.1) is 0 Å². The van der Waals surface area contributed by atoms with Crippen molar-refractivity contribution < 1.29 is 14.6 Å². The quantitative estimate of drug-likeness (QED) is 0.748. The summed E-state index contributed by atoms with van der Waals surface area (Å²) in [4.78, 5) is 14.1. The summed E-state index contributed by atoms with van der Waals surface area (Å²) >= 11 is 0. The summed E-state index contributed by atoms with van der Waals surface area (Å²) < 4.78 is 5.78. The highest BCUT2D eigenvalue weighted by Crippen LogP contribution is 2.21. The van der Waals surface area contributed by atoms with Gasteiger partial charge in [0.15, 0.2) is 0 Å². The largest absolute Gasteiger partial charge is 0.491 e. The minimum Gasteiger partial charge on any atom is -0.491 e. The van der Waals surface area contributed by atoms with Gasteiger partial charge in [-0.1, -0.05) is 18.2 Å². The zero-order valence-corrected chi connectivity index (χ0v) is 14.2. The molecule has 1 aromatic carbocycles. The number of aliphatic hydroxyl groups is 1. The predicted octanol–water partition coefficient (Wildman–Crippen LogP) is 1.50. The second-order valence-electron chi connectivity index (χ2n) is 6.35. The molecule has 1 amide bonds. The van der Waals surface area contributed by atoms with Crippen LogP contribution in [0.2, 0.25) is 0 Å². The van der Waals surface area contributed by atoms with Crippen LogP contribution in [0.4, 0.5) is 0 Å². The zero-order chi connectivity index (χ0) is 16.7. The van der Waals surface area contributed by atoms with Gasteiger partial charge in [0.2, 0.25) is 5.91 Å². The molecule has 1 unspecified atom stereocenters. The van der Waals surface area contributed by atoms with Crippen LogP contribution < -0.4 is 10.1 Å². The number of amides is 1. The van der Waals surface area contributed by atoms with Crippen LogP contribution in [0.25, 0.3) is 0 Å². The highest BCUT2D eigenvalue weighted by Gasteiger charge is 2.20. The first-order valence-corrected chi connectivity index (χ1v) is 8.39. The molecule has 5 nitrogen and oxygen atoms in total. The predicted molar refractivity (Wildman–Crippen MR) is 90.7 cm³/mol. The van der Waals surface area contributed by atoms with Gasteiger partial charge < -0.3 is 15.2 Å². The Balaban J connectivity index is 1.67. The number of hydrogen-bond acceptors (Lipinski definition) is 4. The summed E-state index contributed by atoms with van der Waals surface area (Å²) in [6.45, 7) is 7.37. The maximum Gasteiger partial charge on any atom is 0.234 e. The van der Waals surface area contributed by atoms with Gasteiger partial charge in [-0.05, 0) is 50.3 Å². The van der Waals surface area contributed by atoms with Crippen molar-refractivity contribution in [1.29, 1.82) is 0 Å². The molecule has 1 heterocycles. The number of rotatable bonds is 7. The molecule has 0 bridgehead atoms. The Kier molecular flexibility index (Phi) is 6.86. The first-order chi connectivity index (χ1) is 11.1. The van der Waals surface area contributed by atoms with E-state index in [0.29, 0.717) is 25.6 Å². The fourth-order valence-corrected chi connectivity index (χ4v) is 3.07. The highest BCUT2D eigenvalue weighted by atomic mass is 16.5. The normalized spacial score (nSPS) is 18.7. The summed E-state index contributed by atoms with van der Waals surface area (Å²) in [6.07, 6.45) is 2.10. The SMILES string of the molecule is Cc1cccc(C)c1OCCNC(=O)CN1CCCC(CO)C1. The van der Waals surface area contributed by atoms with Gasteiger partial charge in [0.1, 0.15) is 12.4 Å². The fraction of sp³-hybridized carbons (Fsp3) is 0.611. The Morgan fingerprint density at radius 3 is 2.83 bits per heavy atom. The standard InChI is InChI=1S/C18H28N2O3/c1-14-5-3-6-15(2)18(14)23-10-8-19-17(22)12-20-9-4-7-16(11-20)13-21/h3,5-6,16,21H,4,7-13H2,1-2H3,(H,19,22). The van der Waals surface area contributed by atoms with Crippen molar-refractivity contribution in [3.63, 3.8) is 0 Å². The Labute approximate surface area is 138 Å². The molecular formula is C18H28N2O3. The van der Waals surface area contributed by atoms with E-state index in [-0.39, 0.29) is 12.5 Å². The van der Waals surface area contributed by atoms with Gasteiger partial charge in [0, 0.05) is 13.2 Å². The Morgan fingerprint density at radius 1 is 1.39 bits per heavy atom. The molecule has 128 valence electrons. The van der Waals surface area contributed by atoms with Crippen molar-refractivity contribution in [2.45, 2.75) is 26.7 Å². The molecule has 0 aromatic heterocycles. The third kappa shape index (κ3) is 5.52. The number of benzene rings is 1. The third-order valence-corrected chi connectivity index (χ3v) is 4.31. The molecule has 23 heavy (non-hydrogen) atoms. The van der Waals surface area contributed by atoms with Crippen LogP contribution in [0, 0.1) is 19.8 Å². The van der Waals surface area contributed by atoms with E-state index in [9.17, 15) is 9.90 Å². The van der Waals surface area contributed by atoms with Crippen LogP contribution in [0.15, 0.2) is 18.2 Å². The van der Waals surface area contributed by atoms with Crippen molar-refractivity contribution in [3.05, 3.63) is 29.3 Å². The lowest BCUT2D eigenvalue weighted by atomic mass is 9.99. The van der Waals surface area contributed by atoms with Crippen molar-refractivity contribution >= 4 is 5.91 Å². The molecule has 2 N–H and O–H groups in total. The smallest absolute Gasteiger partial charge is 0.234 e. The van der Waals surface area contributed by atoms with E-state index in [0.717, 1.165) is 42.8 Å². The number of hydrogen-bond donors (Lipinski definition) is 2. The molecular weight excluding hydrogens is 292 g/mol. The Hall–Kier alpha value is -1.59. The summed E-state index contributed by atoms with van der Waals surface area (Å²) in [5, 5.41) is 12.1. The van der Waals surface area contributed by atoms with Crippen molar-refractivity contribution in [3.8, 4) is 5.75 Å². The Bertz CT molecular complexity index is 499. The lowest BCUT2D eigenvalue weighted by Gasteiger charge is -2.31. The number of para-hydroxylation sites is 1. The maximum atomic E-state index is 12.0. The second kappa shape index (κ2) is 8.89. The van der Waals surface area contributed by atoms with E-state index < -0.39 is 0 Å². The molecule has 2 rings (SSSR count). The van der Waals surface area contributed by atoms with E-state index in [2.05, 4.69) is 10.2 Å². The third-order valence-electron chi connectivity index (χ3n) is 4.31. The summed E-state index contributed by atoms with van der Waals surface area (Å²) in [7, 11) is 0. The van der Waals surface area contributed by atoms with Crippen molar-refractivity contribution in [1.82, 2.24) is 10.2 Å². The van der Waals surface area contributed by atoms with Crippen LogP contribution >= 0.6 is 0 Å². The van der Waals surface area contributed by atoms with Gasteiger partial charge in [0.05, 0.1) is 13.1 Å². The average Bonchev–Trinajstić information content (AvgIpc) is 2.54. The molecule has 0 saturated carbocycles. The average molecular weight is 320 g/mol. The zero-order valence-electron chi connectivity index (χ0n) is 14.2. The monoisotopic (exact) mass is 320 g/mol. The maximum absolute atomic E-state index is 12.0. The molecule has 1 fully saturated rings. The summed E-state index contributed by atoms with van der Waals surface area (Å²) in [6, 6.07) is 6.06. The molecule has 0 radical (unpaired) electrons. The summed E-state index contributed by atoms with van der Waals surface area (Å²) in [5.74, 6) is 1.24. The van der Waals surface area contributed by atoms with Crippen LogP contribution in [0.5, 0.6) is 5.75 Å². The molecule has 1 aliphatic heterocycles. The minimum absolute atomic E-state index is 0.0219. The van der Waals surface area contributed by atoms with E-state index >= 15 is 0 Å². The van der Waals surface area contributed by atoms with Gasteiger partial charge in [-0.3, -0.25) is 9.69 Å². The van der Waals surface area contributed by atoms with E-state index in [1.165, 1.54) is 0 Å². The van der Waals surface area contributed by atoms with Crippen LogP contribution in [-0.2, 0) is 4.79 Å². The van der Waals surface area contributed by atoms with Crippen LogP contribution in [0.3, 0.4) is 0 Å². The number of ether oxygens (including phenoxy) is 1. The van der Waals surface area contributed by atoms with Gasteiger partial charge in [-0.25, -0.2) is 0 Å².